The molecule has 2 fully saturated rings. The molecule has 1 aliphatic heterocycles. The van der Waals surface area contributed by atoms with Gasteiger partial charge in [-0.3, -0.25) is 0 Å². The van der Waals surface area contributed by atoms with Gasteiger partial charge in [0.15, 0.2) is 5.84 Å². The van der Waals surface area contributed by atoms with E-state index < -0.39 is 21.2 Å². The number of amidine groups is 1. The van der Waals surface area contributed by atoms with Crippen molar-refractivity contribution < 1.29 is 17.9 Å². The van der Waals surface area contributed by atoms with Gasteiger partial charge in [0.2, 0.25) is 0 Å². The predicted molar refractivity (Wildman–Crippen MR) is 141 cm³/mol. The molecule has 1 amide bonds. The van der Waals surface area contributed by atoms with E-state index in [4.69, 9.17) is 27.9 Å². The largest absolute Gasteiger partial charge is 0.444 e. The molecule has 2 aliphatic rings. The molecule has 1 saturated carbocycles. The Morgan fingerprint density at radius 3 is 2.22 bits per heavy atom. The van der Waals surface area contributed by atoms with Crippen molar-refractivity contribution in [2.24, 2.45) is 5.10 Å². The number of carbonyl (C=O) groups excluding carboxylic acids is 1. The summed E-state index contributed by atoms with van der Waals surface area (Å²) in [7, 11) is -3.94. The highest BCUT2D eigenvalue weighted by atomic mass is 35.5. The second-order valence-electron chi connectivity index (χ2n) is 10.2. The predicted octanol–water partition coefficient (Wildman–Crippen LogP) is 5.03. The summed E-state index contributed by atoms with van der Waals surface area (Å²) in [5.41, 5.74) is 0.367. The molecular formula is C25H30Cl2N4O4S. The van der Waals surface area contributed by atoms with Crippen LogP contribution >= 0.6 is 23.2 Å². The van der Waals surface area contributed by atoms with E-state index in [0.717, 1.165) is 18.4 Å². The SMILES string of the molecule is Cc1ccc(S(=O)(=O)N/N=C(\c2c(Cl)cccc2Cl)N2CCN(C(=O)OC(C)(C)C)CC23CC3)cc1. The number of benzene rings is 2. The maximum absolute atomic E-state index is 13.0. The molecule has 8 nitrogen and oxygen atoms in total. The van der Waals surface area contributed by atoms with Gasteiger partial charge in [-0.15, -0.1) is 5.10 Å². The normalized spacial score (nSPS) is 17.8. The van der Waals surface area contributed by atoms with Crippen LogP contribution in [-0.2, 0) is 14.8 Å². The maximum Gasteiger partial charge on any atom is 0.410 e. The number of hydrogen-bond acceptors (Lipinski definition) is 5. The molecule has 0 aromatic heterocycles. The van der Waals surface area contributed by atoms with E-state index in [9.17, 15) is 13.2 Å². The maximum atomic E-state index is 13.0. The van der Waals surface area contributed by atoms with Crippen molar-refractivity contribution in [3.8, 4) is 0 Å². The molecule has 36 heavy (non-hydrogen) atoms. The summed E-state index contributed by atoms with van der Waals surface area (Å²) in [5, 5.41) is 5.07. The van der Waals surface area contributed by atoms with E-state index in [-0.39, 0.29) is 11.0 Å². The topological polar surface area (TPSA) is 91.3 Å². The molecule has 0 unspecified atom stereocenters. The van der Waals surface area contributed by atoms with Crippen molar-refractivity contribution in [2.45, 2.75) is 56.6 Å². The average molecular weight is 554 g/mol. The Balaban J connectivity index is 1.68. The van der Waals surface area contributed by atoms with Crippen molar-refractivity contribution in [2.75, 3.05) is 19.6 Å². The van der Waals surface area contributed by atoms with Gasteiger partial charge in [0.25, 0.3) is 10.0 Å². The highest BCUT2D eigenvalue weighted by Gasteiger charge is 2.54. The third kappa shape index (κ3) is 5.74. The summed E-state index contributed by atoms with van der Waals surface area (Å²) >= 11 is 13.1. The molecule has 0 atom stereocenters. The van der Waals surface area contributed by atoms with Crippen molar-refractivity contribution in [1.29, 1.82) is 0 Å². The number of sulfonamides is 1. The number of hydrazone groups is 1. The van der Waals surface area contributed by atoms with Crippen molar-refractivity contribution in [1.82, 2.24) is 14.6 Å². The molecule has 2 aromatic carbocycles. The quantitative estimate of drug-likeness (QED) is 0.326. The van der Waals surface area contributed by atoms with Crippen LogP contribution in [0.1, 0.15) is 44.7 Å². The van der Waals surface area contributed by atoms with Crippen LogP contribution < -0.4 is 4.83 Å². The fraction of sp³-hybridized carbons (Fsp3) is 0.440. The molecule has 1 saturated heterocycles. The number of nitrogens with one attached hydrogen (secondary N) is 1. The smallest absolute Gasteiger partial charge is 0.410 e. The lowest BCUT2D eigenvalue weighted by atomic mass is 10.1. The van der Waals surface area contributed by atoms with Gasteiger partial charge in [0.05, 0.1) is 26.0 Å². The molecule has 4 rings (SSSR count). The Hall–Kier alpha value is -2.49. The van der Waals surface area contributed by atoms with E-state index in [1.807, 2.05) is 32.6 Å². The molecule has 0 bridgehead atoms. The Morgan fingerprint density at radius 1 is 1.06 bits per heavy atom. The second-order valence-corrected chi connectivity index (χ2v) is 12.7. The number of nitrogens with zero attached hydrogens (tertiary/aromatic N) is 3. The first kappa shape index (κ1) is 26.6. The van der Waals surface area contributed by atoms with Gasteiger partial charge in [-0.2, -0.15) is 13.2 Å². The summed E-state index contributed by atoms with van der Waals surface area (Å²) in [5.74, 6) is 0.322. The summed E-state index contributed by atoms with van der Waals surface area (Å²) in [4.78, 5) is 18.9. The lowest BCUT2D eigenvalue weighted by Crippen LogP contribution is -2.59. The molecule has 1 aliphatic carbocycles. The molecular weight excluding hydrogens is 523 g/mol. The van der Waals surface area contributed by atoms with Crippen LogP contribution in [0.4, 0.5) is 4.79 Å². The zero-order valence-electron chi connectivity index (χ0n) is 20.7. The first-order valence-electron chi connectivity index (χ1n) is 11.7. The van der Waals surface area contributed by atoms with E-state index in [0.29, 0.717) is 41.1 Å². The third-order valence-electron chi connectivity index (χ3n) is 6.18. The van der Waals surface area contributed by atoms with Gasteiger partial charge in [-0.25, -0.2) is 4.79 Å². The van der Waals surface area contributed by atoms with Crippen molar-refractivity contribution in [3.63, 3.8) is 0 Å². The standard InChI is InChI=1S/C25H30Cl2N4O4S/c1-17-8-10-18(11-9-17)36(33,34)29-28-22(21-19(26)6-5-7-20(21)27)31-15-14-30(16-25(31)12-13-25)23(32)35-24(2,3)4/h5-11,29H,12-16H2,1-4H3/b28-22+. The zero-order valence-corrected chi connectivity index (χ0v) is 23.0. The fourth-order valence-electron chi connectivity index (χ4n) is 4.20. The van der Waals surface area contributed by atoms with Gasteiger partial charge in [0, 0.05) is 19.6 Å². The molecule has 0 radical (unpaired) electrons. The summed E-state index contributed by atoms with van der Waals surface area (Å²) in [6.45, 7) is 8.59. The summed E-state index contributed by atoms with van der Waals surface area (Å²) in [6, 6.07) is 11.6. The van der Waals surface area contributed by atoms with Crippen LogP contribution in [0.5, 0.6) is 0 Å². The fourth-order valence-corrected chi connectivity index (χ4v) is 5.57. The Labute approximate surface area is 222 Å². The zero-order chi connectivity index (χ0) is 26.3. The minimum Gasteiger partial charge on any atom is -0.444 e. The minimum absolute atomic E-state index is 0.0948. The Kier molecular flexibility index (Phi) is 7.20. The second kappa shape index (κ2) is 9.76. The molecule has 194 valence electrons. The third-order valence-corrected chi connectivity index (χ3v) is 8.03. The van der Waals surface area contributed by atoms with Crippen LogP contribution in [0.3, 0.4) is 0 Å². The first-order chi connectivity index (χ1) is 16.8. The molecule has 1 heterocycles. The number of amides is 1. The molecule has 1 N–H and O–H groups in total. The van der Waals surface area contributed by atoms with Crippen molar-refractivity contribution in [3.05, 3.63) is 63.6 Å². The number of halogens is 2. The van der Waals surface area contributed by atoms with Crippen LogP contribution in [0, 0.1) is 6.92 Å². The summed E-state index contributed by atoms with van der Waals surface area (Å²) in [6.07, 6.45) is 1.23. The minimum atomic E-state index is -3.94. The lowest BCUT2D eigenvalue weighted by Gasteiger charge is -2.44. The van der Waals surface area contributed by atoms with Crippen LogP contribution in [0.25, 0.3) is 0 Å². The summed E-state index contributed by atoms with van der Waals surface area (Å²) < 4.78 is 31.6. The van der Waals surface area contributed by atoms with Gasteiger partial charge in [0.1, 0.15) is 5.60 Å². The van der Waals surface area contributed by atoms with Gasteiger partial charge < -0.3 is 14.5 Å². The van der Waals surface area contributed by atoms with E-state index in [1.54, 1.807) is 35.2 Å². The molecule has 2 aromatic rings. The number of ether oxygens (including phenoxy) is 1. The van der Waals surface area contributed by atoms with E-state index >= 15 is 0 Å². The first-order valence-corrected chi connectivity index (χ1v) is 13.9. The lowest BCUT2D eigenvalue weighted by molar-refractivity contribution is 0.00958. The van der Waals surface area contributed by atoms with Crippen LogP contribution in [0.2, 0.25) is 10.0 Å². The van der Waals surface area contributed by atoms with Crippen molar-refractivity contribution >= 4 is 45.2 Å². The van der Waals surface area contributed by atoms with Gasteiger partial charge in [-0.1, -0.05) is 47.0 Å². The van der Waals surface area contributed by atoms with E-state index in [1.165, 1.54) is 12.1 Å². The highest BCUT2D eigenvalue weighted by molar-refractivity contribution is 7.89. The number of hydrogen-bond donors (Lipinski definition) is 1. The van der Waals surface area contributed by atoms with E-state index in [2.05, 4.69) is 9.93 Å². The Bertz CT molecular complexity index is 1270. The highest BCUT2D eigenvalue weighted by Crippen LogP contribution is 2.46. The number of rotatable bonds is 4. The number of carbonyl (C=O) groups is 1. The molecule has 1 spiro atoms. The van der Waals surface area contributed by atoms with Gasteiger partial charge in [-0.05, 0) is 64.8 Å². The number of piperazine rings is 1. The average Bonchev–Trinajstić information content (AvgIpc) is 3.54. The number of aryl methyl sites for hydroxylation is 1. The molecule has 11 heteroatoms. The van der Waals surface area contributed by atoms with Gasteiger partial charge >= 0.3 is 6.09 Å². The Morgan fingerprint density at radius 2 is 1.67 bits per heavy atom. The monoisotopic (exact) mass is 552 g/mol. The van der Waals surface area contributed by atoms with Crippen LogP contribution in [0.15, 0.2) is 52.5 Å². The van der Waals surface area contributed by atoms with Crippen LogP contribution in [-0.4, -0.2) is 60.9 Å².